The van der Waals surface area contributed by atoms with Crippen molar-refractivity contribution in [2.75, 3.05) is 39.3 Å². The van der Waals surface area contributed by atoms with E-state index < -0.39 is 6.10 Å². The van der Waals surface area contributed by atoms with Crippen molar-refractivity contribution in [3.63, 3.8) is 0 Å². The largest absolute Gasteiger partial charge is 0.491 e. The van der Waals surface area contributed by atoms with Gasteiger partial charge in [-0.3, -0.25) is 9.80 Å². The Kier molecular flexibility index (Phi) is 7.24. The highest BCUT2D eigenvalue weighted by atomic mass is 16.5. The van der Waals surface area contributed by atoms with Crippen LogP contribution in [-0.4, -0.2) is 66.4 Å². The van der Waals surface area contributed by atoms with Crippen LogP contribution in [0.15, 0.2) is 60.7 Å². The van der Waals surface area contributed by atoms with E-state index in [0.29, 0.717) is 19.2 Å². The van der Waals surface area contributed by atoms with E-state index in [1.165, 1.54) is 5.56 Å². The van der Waals surface area contributed by atoms with E-state index in [1.54, 1.807) is 0 Å². The van der Waals surface area contributed by atoms with Crippen LogP contribution in [0.5, 0.6) is 5.75 Å². The van der Waals surface area contributed by atoms with Crippen LogP contribution in [0.4, 0.5) is 0 Å². The van der Waals surface area contributed by atoms with Crippen molar-refractivity contribution in [1.82, 2.24) is 9.80 Å². The molecule has 1 unspecified atom stereocenters. The first-order valence-corrected chi connectivity index (χ1v) is 11.5. The Morgan fingerprint density at radius 3 is 2.19 bits per heavy atom. The molecule has 1 atom stereocenters. The van der Waals surface area contributed by atoms with Gasteiger partial charge in [-0.2, -0.15) is 5.26 Å². The summed E-state index contributed by atoms with van der Waals surface area (Å²) in [4.78, 5) is 4.93. The Balaban J connectivity index is 1.20. The van der Waals surface area contributed by atoms with Crippen LogP contribution < -0.4 is 4.74 Å². The second-order valence-electron chi connectivity index (χ2n) is 8.91. The van der Waals surface area contributed by atoms with E-state index in [0.717, 1.165) is 57.6 Å². The Hall–Kier alpha value is -2.39. The third kappa shape index (κ3) is 5.46. The first kappa shape index (κ1) is 21.8. The maximum Gasteiger partial charge on any atom is 0.119 e. The molecule has 1 aliphatic heterocycles. The Bertz CT molecular complexity index is 836. The predicted octanol–water partition coefficient (Wildman–Crippen LogP) is 3.45. The van der Waals surface area contributed by atoms with Crippen molar-refractivity contribution in [2.45, 2.75) is 43.2 Å². The van der Waals surface area contributed by atoms with E-state index in [4.69, 9.17) is 4.74 Å². The highest BCUT2D eigenvalue weighted by molar-refractivity contribution is 5.33. The lowest BCUT2D eigenvalue weighted by molar-refractivity contribution is 0.0286. The van der Waals surface area contributed by atoms with E-state index in [2.05, 4.69) is 28.0 Å². The number of aliphatic hydroxyl groups is 1. The van der Waals surface area contributed by atoms with Gasteiger partial charge in [0.25, 0.3) is 0 Å². The van der Waals surface area contributed by atoms with Crippen LogP contribution in [0.25, 0.3) is 0 Å². The van der Waals surface area contributed by atoms with Crippen molar-refractivity contribution in [2.24, 2.45) is 0 Å². The van der Waals surface area contributed by atoms with Gasteiger partial charge in [-0.15, -0.1) is 0 Å². The summed E-state index contributed by atoms with van der Waals surface area (Å²) in [6.45, 7) is 4.98. The van der Waals surface area contributed by atoms with E-state index in [-0.39, 0.29) is 5.41 Å². The molecule has 0 spiro atoms. The van der Waals surface area contributed by atoms with Crippen molar-refractivity contribution >= 4 is 0 Å². The molecule has 2 fully saturated rings. The minimum Gasteiger partial charge on any atom is -0.491 e. The van der Waals surface area contributed by atoms with Gasteiger partial charge in [-0.05, 0) is 43.4 Å². The van der Waals surface area contributed by atoms with Crippen LogP contribution in [0.1, 0.15) is 31.2 Å². The maximum absolute atomic E-state index is 10.4. The zero-order chi connectivity index (χ0) is 21.5. The lowest BCUT2D eigenvalue weighted by atomic mass is 9.69. The molecule has 5 nitrogen and oxygen atoms in total. The summed E-state index contributed by atoms with van der Waals surface area (Å²) in [7, 11) is 0. The van der Waals surface area contributed by atoms with Gasteiger partial charge in [-0.1, -0.05) is 48.5 Å². The number of para-hydroxylation sites is 1. The molecule has 4 rings (SSSR count). The molecule has 0 aromatic heterocycles. The number of nitriles is 1. The maximum atomic E-state index is 10.4. The zero-order valence-corrected chi connectivity index (χ0v) is 18.2. The van der Waals surface area contributed by atoms with Gasteiger partial charge < -0.3 is 9.84 Å². The molecule has 0 bridgehead atoms. The molecule has 1 saturated heterocycles. The average molecular weight is 420 g/mol. The van der Waals surface area contributed by atoms with E-state index in [1.807, 2.05) is 48.5 Å². The molecule has 164 valence electrons. The number of ether oxygens (including phenoxy) is 1. The zero-order valence-electron chi connectivity index (χ0n) is 18.2. The first-order valence-electron chi connectivity index (χ1n) is 11.5. The second-order valence-corrected chi connectivity index (χ2v) is 8.91. The summed E-state index contributed by atoms with van der Waals surface area (Å²) < 4.78 is 5.68. The van der Waals surface area contributed by atoms with E-state index >= 15 is 0 Å². The fourth-order valence-electron chi connectivity index (χ4n) is 5.05. The molecule has 1 saturated carbocycles. The Labute approximate surface area is 185 Å². The minimum absolute atomic E-state index is 0.317. The molecule has 1 heterocycles. The Morgan fingerprint density at radius 1 is 0.968 bits per heavy atom. The van der Waals surface area contributed by atoms with Crippen LogP contribution >= 0.6 is 0 Å². The predicted molar refractivity (Wildman–Crippen MR) is 122 cm³/mol. The molecular weight excluding hydrogens is 386 g/mol. The van der Waals surface area contributed by atoms with Crippen molar-refractivity contribution < 1.29 is 9.84 Å². The van der Waals surface area contributed by atoms with Gasteiger partial charge >= 0.3 is 0 Å². The SMILES string of the molecule is N#CC1(c2ccccc2)CCC(N2CCN(CC(O)COc3ccccc3)CC2)CC1. The van der Waals surface area contributed by atoms with Gasteiger partial charge in [0.15, 0.2) is 0 Å². The number of β-amino-alcohol motifs (C(OH)–C–C–N with tert-alkyl or cyclic N) is 1. The summed E-state index contributed by atoms with van der Waals surface area (Å²) in [5.74, 6) is 0.799. The van der Waals surface area contributed by atoms with Crippen LogP contribution in [-0.2, 0) is 5.41 Å². The van der Waals surface area contributed by atoms with Gasteiger partial charge in [0.1, 0.15) is 18.5 Å². The van der Waals surface area contributed by atoms with Gasteiger partial charge in [-0.25, -0.2) is 0 Å². The molecule has 2 aromatic rings. The molecule has 2 aromatic carbocycles. The third-order valence-electron chi connectivity index (χ3n) is 6.93. The first-order chi connectivity index (χ1) is 15.2. The summed E-state index contributed by atoms with van der Waals surface area (Å²) in [5, 5.41) is 20.3. The standard InChI is InChI=1S/C26H33N3O2/c27-21-26(22-7-3-1-4-8-22)13-11-23(12-14-26)29-17-15-28(16-18-29)19-24(30)20-31-25-9-5-2-6-10-25/h1-10,23-24,30H,11-20H2. The smallest absolute Gasteiger partial charge is 0.119 e. The highest BCUT2D eigenvalue weighted by Crippen LogP contribution is 2.40. The fourth-order valence-corrected chi connectivity index (χ4v) is 5.05. The summed E-state index contributed by atoms with van der Waals surface area (Å²) in [6, 6.07) is 23.2. The van der Waals surface area contributed by atoms with Gasteiger partial charge in [0, 0.05) is 38.8 Å². The Morgan fingerprint density at radius 2 is 1.58 bits per heavy atom. The number of piperazine rings is 1. The van der Waals surface area contributed by atoms with Gasteiger partial charge in [0.2, 0.25) is 0 Å². The second kappa shape index (κ2) is 10.3. The molecule has 0 amide bonds. The number of benzene rings is 2. The van der Waals surface area contributed by atoms with Crippen LogP contribution in [0, 0.1) is 11.3 Å². The van der Waals surface area contributed by atoms with Crippen molar-refractivity contribution in [3.8, 4) is 11.8 Å². The molecule has 0 radical (unpaired) electrons. The molecule has 2 aliphatic rings. The number of aliphatic hydroxyl groups excluding tert-OH is 1. The third-order valence-corrected chi connectivity index (χ3v) is 6.93. The average Bonchev–Trinajstić information content (AvgIpc) is 2.84. The minimum atomic E-state index is -0.483. The topological polar surface area (TPSA) is 59.7 Å². The normalized spacial score (nSPS) is 26.1. The monoisotopic (exact) mass is 419 g/mol. The number of rotatable bonds is 7. The van der Waals surface area contributed by atoms with Gasteiger partial charge in [0.05, 0.1) is 11.5 Å². The molecule has 5 heteroatoms. The molecule has 31 heavy (non-hydrogen) atoms. The number of hydrogen-bond donors (Lipinski definition) is 1. The summed E-state index contributed by atoms with van der Waals surface area (Å²) in [6.07, 6.45) is 3.55. The molecule has 1 aliphatic carbocycles. The fraction of sp³-hybridized carbons (Fsp3) is 0.500. The quantitative estimate of drug-likeness (QED) is 0.745. The van der Waals surface area contributed by atoms with E-state index in [9.17, 15) is 10.4 Å². The van der Waals surface area contributed by atoms with Crippen LogP contribution in [0.3, 0.4) is 0 Å². The summed E-state index contributed by atoms with van der Waals surface area (Å²) in [5.41, 5.74) is 0.857. The van der Waals surface area contributed by atoms with Crippen LogP contribution in [0.2, 0.25) is 0 Å². The lowest BCUT2D eigenvalue weighted by Crippen LogP contribution is -2.53. The number of nitrogens with zero attached hydrogens (tertiary/aromatic N) is 3. The van der Waals surface area contributed by atoms with Crippen molar-refractivity contribution in [1.29, 1.82) is 5.26 Å². The lowest BCUT2D eigenvalue weighted by Gasteiger charge is -2.44. The highest BCUT2D eigenvalue weighted by Gasteiger charge is 2.39. The summed E-state index contributed by atoms with van der Waals surface area (Å²) >= 11 is 0. The van der Waals surface area contributed by atoms with Crippen molar-refractivity contribution in [3.05, 3.63) is 66.2 Å². The number of hydrogen-bond acceptors (Lipinski definition) is 5. The molecular formula is C26H33N3O2. The molecule has 1 N–H and O–H groups in total.